The minimum atomic E-state index is -2.11. The highest BCUT2D eigenvalue weighted by Crippen LogP contribution is 2.39. The quantitative estimate of drug-likeness (QED) is 0.274. The summed E-state index contributed by atoms with van der Waals surface area (Å²) in [7, 11) is -0.667. The zero-order valence-electron chi connectivity index (χ0n) is 27.1. The summed E-state index contributed by atoms with van der Waals surface area (Å²) in [6, 6.07) is 1.50. The van der Waals surface area contributed by atoms with E-state index in [1.807, 2.05) is 27.7 Å². The SMILES string of the molecule is Cc1nn(-c2ncccn2)c(C)c1Cc1sc2c(c1C(=O)N1C[C@H](O[Si](C)(C)C(C)(C)C)CO1)c(=O)n(C)c(=O)n2C(C)C. The highest BCUT2D eigenvalue weighted by atomic mass is 32.1. The molecule has 1 aliphatic heterocycles. The predicted octanol–water partition coefficient (Wildman–Crippen LogP) is 4.30. The van der Waals surface area contributed by atoms with Crippen LogP contribution < -0.4 is 11.2 Å². The number of rotatable bonds is 7. The molecule has 1 amide bonds. The summed E-state index contributed by atoms with van der Waals surface area (Å²) in [6.45, 7) is 18.9. The Labute approximate surface area is 261 Å². The highest BCUT2D eigenvalue weighted by Gasteiger charge is 2.42. The summed E-state index contributed by atoms with van der Waals surface area (Å²) < 4.78 is 10.9. The molecule has 1 saturated heterocycles. The molecule has 14 heteroatoms. The third-order valence-electron chi connectivity index (χ3n) is 8.72. The lowest BCUT2D eigenvalue weighted by Crippen LogP contribution is -2.45. The van der Waals surface area contributed by atoms with Crippen molar-refractivity contribution in [1.82, 2.24) is 33.9 Å². The number of aryl methyl sites for hydroxylation is 1. The second kappa shape index (κ2) is 11.5. The Bertz CT molecular complexity index is 1850. The first-order chi connectivity index (χ1) is 20.5. The molecule has 44 heavy (non-hydrogen) atoms. The lowest BCUT2D eigenvalue weighted by molar-refractivity contribution is -0.0777. The van der Waals surface area contributed by atoms with Gasteiger partial charge in [-0.2, -0.15) is 5.10 Å². The molecule has 1 fully saturated rings. The van der Waals surface area contributed by atoms with Crippen LogP contribution >= 0.6 is 11.3 Å². The van der Waals surface area contributed by atoms with Gasteiger partial charge in [0.25, 0.3) is 17.4 Å². The Morgan fingerprint density at radius 1 is 1.18 bits per heavy atom. The molecule has 5 rings (SSSR count). The zero-order valence-corrected chi connectivity index (χ0v) is 28.9. The summed E-state index contributed by atoms with van der Waals surface area (Å²) in [5.41, 5.74) is 1.76. The Morgan fingerprint density at radius 2 is 1.84 bits per heavy atom. The summed E-state index contributed by atoms with van der Waals surface area (Å²) in [4.78, 5) is 57.0. The summed E-state index contributed by atoms with van der Waals surface area (Å²) in [6.07, 6.45) is 3.34. The van der Waals surface area contributed by atoms with Crippen LogP contribution in [0.2, 0.25) is 18.1 Å². The minimum absolute atomic E-state index is 0.00116. The average molecular weight is 640 g/mol. The maximum atomic E-state index is 14.4. The van der Waals surface area contributed by atoms with Crippen LogP contribution in [-0.4, -0.2) is 67.4 Å². The van der Waals surface area contributed by atoms with Crippen molar-refractivity contribution in [2.45, 2.75) is 85.2 Å². The number of amides is 1. The van der Waals surface area contributed by atoms with Crippen LogP contribution in [0.4, 0.5) is 0 Å². The van der Waals surface area contributed by atoms with Gasteiger partial charge in [0, 0.05) is 48.0 Å². The average Bonchev–Trinajstić information content (AvgIpc) is 3.63. The van der Waals surface area contributed by atoms with Crippen LogP contribution in [0.15, 0.2) is 28.0 Å². The Balaban J connectivity index is 1.63. The van der Waals surface area contributed by atoms with Gasteiger partial charge in [0.1, 0.15) is 11.4 Å². The maximum Gasteiger partial charge on any atom is 0.332 e. The molecule has 0 saturated carbocycles. The van der Waals surface area contributed by atoms with E-state index in [1.165, 1.54) is 23.4 Å². The molecule has 0 aromatic carbocycles. The third kappa shape index (κ3) is 5.48. The first kappa shape index (κ1) is 31.9. The van der Waals surface area contributed by atoms with Crippen molar-refractivity contribution in [2.24, 2.45) is 7.05 Å². The van der Waals surface area contributed by atoms with Crippen molar-refractivity contribution in [3.05, 3.63) is 66.7 Å². The number of fused-ring (bicyclic) bond motifs is 1. The van der Waals surface area contributed by atoms with E-state index in [0.29, 0.717) is 22.1 Å². The van der Waals surface area contributed by atoms with Gasteiger partial charge in [-0.3, -0.25) is 23.6 Å². The lowest BCUT2D eigenvalue weighted by atomic mass is 10.0. The smallest absolute Gasteiger partial charge is 0.332 e. The van der Waals surface area contributed by atoms with Gasteiger partial charge >= 0.3 is 5.69 Å². The van der Waals surface area contributed by atoms with Crippen molar-refractivity contribution < 1.29 is 14.1 Å². The number of aromatic nitrogens is 6. The Morgan fingerprint density at radius 3 is 2.45 bits per heavy atom. The van der Waals surface area contributed by atoms with Crippen LogP contribution in [0, 0.1) is 13.8 Å². The van der Waals surface area contributed by atoms with Gasteiger partial charge in [0.15, 0.2) is 8.32 Å². The maximum absolute atomic E-state index is 14.4. The molecule has 0 unspecified atom stereocenters. The molecule has 1 aliphatic rings. The number of thiophene rings is 1. The fraction of sp³-hybridized carbons (Fsp3) is 0.533. The van der Waals surface area contributed by atoms with E-state index in [0.717, 1.165) is 21.5 Å². The van der Waals surface area contributed by atoms with Crippen molar-refractivity contribution in [3.63, 3.8) is 0 Å². The van der Waals surface area contributed by atoms with Gasteiger partial charge in [-0.05, 0) is 51.9 Å². The number of carbonyl (C=O) groups is 1. The second-order valence-corrected chi connectivity index (χ2v) is 19.0. The van der Waals surface area contributed by atoms with Crippen LogP contribution in [-0.2, 0) is 22.7 Å². The number of hydrogen-bond donors (Lipinski definition) is 0. The second-order valence-electron chi connectivity index (χ2n) is 13.1. The van der Waals surface area contributed by atoms with Gasteiger partial charge in [-0.15, -0.1) is 11.3 Å². The van der Waals surface area contributed by atoms with E-state index in [1.54, 1.807) is 27.7 Å². The molecule has 0 spiro atoms. The van der Waals surface area contributed by atoms with Crippen molar-refractivity contribution in [1.29, 1.82) is 0 Å². The first-order valence-electron chi connectivity index (χ1n) is 14.8. The Hall–Kier alpha value is -3.46. The van der Waals surface area contributed by atoms with Crippen molar-refractivity contribution in [2.75, 3.05) is 13.2 Å². The number of carbonyl (C=O) groups excluding carboxylic acids is 1. The van der Waals surface area contributed by atoms with Crippen molar-refractivity contribution >= 4 is 35.8 Å². The monoisotopic (exact) mass is 639 g/mol. The highest BCUT2D eigenvalue weighted by molar-refractivity contribution is 7.19. The lowest BCUT2D eigenvalue weighted by Gasteiger charge is -2.37. The van der Waals surface area contributed by atoms with Crippen LogP contribution in [0.5, 0.6) is 0 Å². The fourth-order valence-corrected chi connectivity index (χ4v) is 7.97. The van der Waals surface area contributed by atoms with Gasteiger partial charge in [0.2, 0.25) is 0 Å². The summed E-state index contributed by atoms with van der Waals surface area (Å²) in [5, 5.41) is 6.21. The van der Waals surface area contributed by atoms with E-state index < -0.39 is 25.5 Å². The molecule has 236 valence electrons. The number of hydroxylamine groups is 2. The minimum Gasteiger partial charge on any atom is -0.410 e. The van der Waals surface area contributed by atoms with Gasteiger partial charge in [-0.25, -0.2) is 24.5 Å². The first-order valence-corrected chi connectivity index (χ1v) is 18.5. The normalized spacial score (nSPS) is 16.1. The molecular weight excluding hydrogens is 599 g/mol. The molecule has 0 radical (unpaired) electrons. The molecule has 5 heterocycles. The number of hydrogen-bond acceptors (Lipinski definition) is 9. The number of nitrogens with zero attached hydrogens (tertiary/aromatic N) is 7. The predicted molar refractivity (Wildman–Crippen MR) is 172 cm³/mol. The fourth-order valence-electron chi connectivity index (χ4n) is 5.22. The standard InChI is InChI=1S/C30H41N7O5SSi/c1-17(2)36-27-24(25(38)34(8)29(36)40)23(26(39)35-15-20(16-41-35)42-44(9,10)30(5,6)7)22(43-27)14-21-18(3)33-37(19(21)4)28-31-12-11-13-32-28/h11-13,17,20H,14-16H2,1-10H3/t20-/m0/s1. The van der Waals surface area contributed by atoms with Gasteiger partial charge < -0.3 is 4.43 Å². The molecule has 12 nitrogen and oxygen atoms in total. The molecule has 0 N–H and O–H groups in total. The molecular formula is C30H41N7O5SSi. The summed E-state index contributed by atoms with van der Waals surface area (Å²) in [5.74, 6) is 0.0143. The van der Waals surface area contributed by atoms with E-state index in [-0.39, 0.29) is 41.3 Å². The topological polar surface area (TPSA) is 126 Å². The third-order valence-corrected chi connectivity index (χ3v) is 14.4. The zero-order chi connectivity index (χ0) is 32.3. The van der Waals surface area contributed by atoms with E-state index in [9.17, 15) is 14.4 Å². The molecule has 4 aromatic rings. The van der Waals surface area contributed by atoms with Gasteiger partial charge in [-0.1, -0.05) is 20.8 Å². The summed E-state index contributed by atoms with van der Waals surface area (Å²) >= 11 is 1.29. The van der Waals surface area contributed by atoms with Crippen LogP contribution in [0.25, 0.3) is 16.2 Å². The largest absolute Gasteiger partial charge is 0.410 e. The molecule has 4 aromatic heterocycles. The molecule has 0 aliphatic carbocycles. The van der Waals surface area contributed by atoms with E-state index in [4.69, 9.17) is 9.26 Å². The Kier molecular flexibility index (Phi) is 8.33. The van der Waals surface area contributed by atoms with E-state index >= 15 is 0 Å². The van der Waals surface area contributed by atoms with Crippen molar-refractivity contribution in [3.8, 4) is 5.95 Å². The molecule has 0 bridgehead atoms. The van der Waals surface area contributed by atoms with Crippen LogP contribution in [0.1, 0.15) is 72.8 Å². The van der Waals surface area contributed by atoms with Crippen LogP contribution in [0.3, 0.4) is 0 Å². The molecule has 1 atom stereocenters. The van der Waals surface area contributed by atoms with E-state index in [2.05, 4.69) is 48.9 Å². The van der Waals surface area contributed by atoms with Gasteiger partial charge in [0.05, 0.1) is 29.3 Å².